The van der Waals surface area contributed by atoms with Crippen molar-refractivity contribution in [2.75, 3.05) is 31.6 Å². The number of hydrogen-bond donors (Lipinski definition) is 1. The summed E-state index contributed by atoms with van der Waals surface area (Å²) in [5.74, 6) is 0.359. The van der Waals surface area contributed by atoms with E-state index in [0.717, 1.165) is 15.4 Å². The largest absolute Gasteiger partial charge is 0.497 e. The highest BCUT2D eigenvalue weighted by Crippen LogP contribution is 2.34. The Morgan fingerprint density at radius 1 is 0.929 bits per heavy atom. The first-order chi connectivity index (χ1) is 20.0. The topological polar surface area (TPSA) is 105 Å². The van der Waals surface area contributed by atoms with E-state index in [1.165, 1.54) is 24.1 Å². The second-order valence-corrected chi connectivity index (χ2v) is 12.3. The molecule has 0 radical (unpaired) electrons. The van der Waals surface area contributed by atoms with Gasteiger partial charge in [-0.3, -0.25) is 13.9 Å². The highest BCUT2D eigenvalue weighted by Gasteiger charge is 2.34. The number of nitrogens with zero attached hydrogens (tertiary/aromatic N) is 2. The van der Waals surface area contributed by atoms with Gasteiger partial charge in [-0.25, -0.2) is 8.42 Å². The SMILES string of the molecule is CCC(C(=O)NCC(C)C)N(Cc1ccc(OC)cc1)C(=O)CN(c1cc(C)ccc1OC)S(=O)(=O)c1ccccc1. The van der Waals surface area contributed by atoms with Gasteiger partial charge in [-0.15, -0.1) is 0 Å². The van der Waals surface area contributed by atoms with Crippen LogP contribution >= 0.6 is 0 Å². The molecule has 0 aliphatic rings. The Balaban J connectivity index is 2.10. The lowest BCUT2D eigenvalue weighted by Crippen LogP contribution is -2.52. The Hall–Kier alpha value is -4.05. The van der Waals surface area contributed by atoms with E-state index in [4.69, 9.17) is 9.47 Å². The van der Waals surface area contributed by atoms with Crippen LogP contribution in [0.15, 0.2) is 77.7 Å². The number of sulfonamides is 1. The highest BCUT2D eigenvalue weighted by atomic mass is 32.2. The van der Waals surface area contributed by atoms with E-state index in [1.807, 2.05) is 39.8 Å². The Kier molecular flexibility index (Phi) is 11.4. The molecule has 1 atom stereocenters. The van der Waals surface area contributed by atoms with Crippen molar-refractivity contribution < 1.29 is 27.5 Å². The van der Waals surface area contributed by atoms with Crippen LogP contribution < -0.4 is 19.1 Å². The Morgan fingerprint density at radius 2 is 1.60 bits per heavy atom. The van der Waals surface area contributed by atoms with Crippen LogP contribution in [-0.2, 0) is 26.2 Å². The van der Waals surface area contributed by atoms with Crippen molar-refractivity contribution in [1.82, 2.24) is 10.2 Å². The van der Waals surface area contributed by atoms with Crippen LogP contribution in [0.2, 0.25) is 0 Å². The lowest BCUT2D eigenvalue weighted by atomic mass is 10.1. The molecule has 1 N–H and O–H groups in total. The molecule has 9 nitrogen and oxygen atoms in total. The van der Waals surface area contributed by atoms with Crippen LogP contribution in [0.25, 0.3) is 0 Å². The minimum Gasteiger partial charge on any atom is -0.497 e. The summed E-state index contributed by atoms with van der Waals surface area (Å²) in [5, 5.41) is 2.93. The molecule has 0 aliphatic heterocycles. The summed E-state index contributed by atoms with van der Waals surface area (Å²) in [6, 6.07) is 19.5. The molecule has 226 valence electrons. The van der Waals surface area contributed by atoms with Crippen molar-refractivity contribution in [3.63, 3.8) is 0 Å². The summed E-state index contributed by atoms with van der Waals surface area (Å²) in [6.45, 7) is 7.65. The number of aryl methyl sites for hydroxylation is 1. The standard InChI is InChI=1S/C32H41N3O6S/c1-7-28(32(37)33-20-23(2)3)34(21-25-14-16-26(40-5)17-15-25)31(36)22-35(29-19-24(4)13-18-30(29)41-6)42(38,39)27-11-9-8-10-12-27/h8-19,23,28H,7,20-22H2,1-6H3,(H,33,37). The lowest BCUT2D eigenvalue weighted by molar-refractivity contribution is -0.140. The second-order valence-electron chi connectivity index (χ2n) is 10.4. The molecule has 3 aromatic carbocycles. The quantitative estimate of drug-likeness (QED) is 0.288. The number of hydrogen-bond acceptors (Lipinski definition) is 6. The molecule has 0 bridgehead atoms. The van der Waals surface area contributed by atoms with Gasteiger partial charge < -0.3 is 19.7 Å². The monoisotopic (exact) mass is 595 g/mol. The summed E-state index contributed by atoms with van der Waals surface area (Å²) >= 11 is 0. The normalized spacial score (nSPS) is 12.0. The fraction of sp³-hybridized carbons (Fsp3) is 0.375. The van der Waals surface area contributed by atoms with E-state index in [-0.39, 0.29) is 29.0 Å². The molecule has 0 fully saturated rings. The zero-order valence-corrected chi connectivity index (χ0v) is 26.0. The summed E-state index contributed by atoms with van der Waals surface area (Å²) in [5.41, 5.74) is 1.79. The van der Waals surface area contributed by atoms with E-state index >= 15 is 0 Å². The van der Waals surface area contributed by atoms with E-state index in [2.05, 4.69) is 5.32 Å². The van der Waals surface area contributed by atoms with E-state index in [1.54, 1.807) is 55.6 Å². The van der Waals surface area contributed by atoms with Gasteiger partial charge in [0.15, 0.2) is 0 Å². The maximum absolute atomic E-state index is 14.2. The summed E-state index contributed by atoms with van der Waals surface area (Å²) < 4.78 is 40.0. The molecule has 0 saturated carbocycles. The van der Waals surface area contributed by atoms with Gasteiger partial charge in [0.2, 0.25) is 11.8 Å². The van der Waals surface area contributed by atoms with E-state index < -0.39 is 28.5 Å². The zero-order valence-electron chi connectivity index (χ0n) is 25.2. The predicted octanol–water partition coefficient (Wildman–Crippen LogP) is 4.79. The molecule has 0 saturated heterocycles. The Labute approximate surface area is 249 Å². The molecular formula is C32H41N3O6S. The molecule has 0 spiro atoms. The molecule has 2 amide bonds. The fourth-order valence-corrected chi connectivity index (χ4v) is 5.94. The third-order valence-electron chi connectivity index (χ3n) is 6.80. The van der Waals surface area contributed by atoms with Crippen molar-refractivity contribution in [1.29, 1.82) is 0 Å². The van der Waals surface area contributed by atoms with Gasteiger partial charge in [-0.2, -0.15) is 0 Å². The van der Waals surface area contributed by atoms with Crippen molar-refractivity contribution in [3.05, 3.63) is 83.9 Å². The van der Waals surface area contributed by atoms with Gasteiger partial charge in [-0.1, -0.05) is 57.2 Å². The van der Waals surface area contributed by atoms with E-state index in [0.29, 0.717) is 24.5 Å². The molecule has 3 rings (SSSR count). The number of methoxy groups -OCH3 is 2. The molecule has 1 unspecified atom stereocenters. The number of ether oxygens (including phenoxy) is 2. The third-order valence-corrected chi connectivity index (χ3v) is 8.57. The number of amides is 2. The fourth-order valence-electron chi connectivity index (χ4n) is 4.50. The van der Waals surface area contributed by atoms with Gasteiger partial charge in [0.1, 0.15) is 24.1 Å². The van der Waals surface area contributed by atoms with Gasteiger partial charge in [-0.05, 0) is 66.8 Å². The zero-order chi connectivity index (χ0) is 30.9. The molecule has 3 aromatic rings. The molecule has 0 aromatic heterocycles. The molecule has 0 heterocycles. The van der Waals surface area contributed by atoms with Gasteiger partial charge >= 0.3 is 0 Å². The van der Waals surface area contributed by atoms with Crippen molar-refractivity contribution in [2.24, 2.45) is 5.92 Å². The van der Waals surface area contributed by atoms with Crippen molar-refractivity contribution in [3.8, 4) is 11.5 Å². The Bertz CT molecular complexity index is 1440. The first-order valence-electron chi connectivity index (χ1n) is 13.9. The van der Waals surface area contributed by atoms with Crippen LogP contribution in [-0.4, -0.2) is 58.5 Å². The van der Waals surface area contributed by atoms with Crippen LogP contribution in [0.3, 0.4) is 0 Å². The maximum atomic E-state index is 14.2. The molecule has 10 heteroatoms. The smallest absolute Gasteiger partial charge is 0.264 e. The summed E-state index contributed by atoms with van der Waals surface area (Å²) in [6.07, 6.45) is 0.338. The van der Waals surface area contributed by atoms with Gasteiger partial charge in [0.25, 0.3) is 10.0 Å². The van der Waals surface area contributed by atoms with Gasteiger partial charge in [0.05, 0.1) is 24.8 Å². The minimum atomic E-state index is -4.20. The third kappa shape index (κ3) is 8.03. The van der Waals surface area contributed by atoms with Crippen LogP contribution in [0, 0.1) is 12.8 Å². The number of carbonyl (C=O) groups excluding carboxylic acids is 2. The first-order valence-corrected chi connectivity index (χ1v) is 15.4. The maximum Gasteiger partial charge on any atom is 0.264 e. The Morgan fingerprint density at radius 3 is 2.17 bits per heavy atom. The average Bonchev–Trinajstić information content (AvgIpc) is 2.99. The van der Waals surface area contributed by atoms with Crippen LogP contribution in [0.1, 0.15) is 38.3 Å². The number of anilines is 1. The lowest BCUT2D eigenvalue weighted by Gasteiger charge is -2.33. The summed E-state index contributed by atoms with van der Waals surface area (Å²) in [4.78, 5) is 29.1. The number of benzene rings is 3. The molecular weight excluding hydrogens is 554 g/mol. The number of rotatable bonds is 14. The second kappa shape index (κ2) is 14.7. The van der Waals surface area contributed by atoms with Crippen LogP contribution in [0.5, 0.6) is 11.5 Å². The van der Waals surface area contributed by atoms with Crippen molar-refractivity contribution in [2.45, 2.75) is 51.6 Å². The summed E-state index contributed by atoms with van der Waals surface area (Å²) in [7, 11) is -1.18. The van der Waals surface area contributed by atoms with Gasteiger partial charge in [0, 0.05) is 13.1 Å². The van der Waals surface area contributed by atoms with Crippen molar-refractivity contribution >= 4 is 27.5 Å². The number of carbonyl (C=O) groups is 2. The number of nitrogens with one attached hydrogen (secondary N) is 1. The van der Waals surface area contributed by atoms with Crippen LogP contribution in [0.4, 0.5) is 5.69 Å². The molecule has 0 aliphatic carbocycles. The minimum absolute atomic E-state index is 0.0322. The van der Waals surface area contributed by atoms with E-state index in [9.17, 15) is 18.0 Å². The molecule has 42 heavy (non-hydrogen) atoms. The average molecular weight is 596 g/mol. The highest BCUT2D eigenvalue weighted by molar-refractivity contribution is 7.92. The predicted molar refractivity (Wildman–Crippen MR) is 164 cm³/mol. The first kappa shape index (κ1) is 32.5.